The smallest absolute Gasteiger partial charge is 0.407 e. The van der Waals surface area contributed by atoms with Crippen LogP contribution in [0.3, 0.4) is 0 Å². The van der Waals surface area contributed by atoms with Crippen molar-refractivity contribution in [1.29, 1.82) is 0 Å². The summed E-state index contributed by atoms with van der Waals surface area (Å²) in [6.45, 7) is 8.66. The molecule has 0 spiro atoms. The molecule has 2 aliphatic heterocycles. The van der Waals surface area contributed by atoms with Crippen LogP contribution in [0.4, 0.5) is 13.6 Å². The number of halogens is 2. The fourth-order valence-electron chi connectivity index (χ4n) is 7.21. The molecule has 17 heteroatoms. The molecule has 3 aromatic rings. The van der Waals surface area contributed by atoms with Crippen LogP contribution in [-0.2, 0) is 29.1 Å². The van der Waals surface area contributed by atoms with Gasteiger partial charge < -0.3 is 25.0 Å². The second-order valence-corrected chi connectivity index (χ2v) is 19.1. The summed E-state index contributed by atoms with van der Waals surface area (Å²) in [7, 11) is -4.15. The minimum absolute atomic E-state index is 0.0447. The number of hydrogen-bond acceptors (Lipinski definition) is 10. The van der Waals surface area contributed by atoms with E-state index in [1.54, 1.807) is 32.9 Å². The number of fused-ring (bicyclic) bond motifs is 7. The molecule has 0 unspecified atom stereocenters. The third-order valence-electron chi connectivity index (χ3n) is 10.8. The molecule has 1 saturated heterocycles. The molecule has 57 heavy (non-hydrogen) atoms. The fraction of sp³-hybridized carbons (Fsp3) is 0.500. The molecular weight excluding hydrogens is 763 g/mol. The summed E-state index contributed by atoms with van der Waals surface area (Å²) in [5.74, 6) is -4.48. The Morgan fingerprint density at radius 2 is 1.74 bits per heavy atom. The van der Waals surface area contributed by atoms with Crippen molar-refractivity contribution in [3.05, 3.63) is 60.2 Å². The number of carbonyl (C=O) groups is 4. The zero-order chi connectivity index (χ0) is 41.1. The van der Waals surface area contributed by atoms with Crippen molar-refractivity contribution >= 4 is 50.9 Å². The normalized spacial score (nSPS) is 26.4. The summed E-state index contributed by atoms with van der Waals surface area (Å²) in [5, 5.41) is 4.28. The van der Waals surface area contributed by atoms with E-state index in [4.69, 9.17) is 19.4 Å². The Hall–Kier alpha value is -5.19. The molecule has 2 saturated carbocycles. The first-order valence-corrected chi connectivity index (χ1v) is 20.4. The summed E-state index contributed by atoms with van der Waals surface area (Å²) in [6.07, 6.45) is -1.10. The number of alkyl halides is 2. The number of benzene rings is 2. The van der Waals surface area contributed by atoms with Crippen molar-refractivity contribution in [1.82, 2.24) is 30.2 Å². The molecule has 3 N–H and O–H groups in total. The van der Waals surface area contributed by atoms with Gasteiger partial charge >= 0.3 is 6.09 Å². The lowest BCUT2D eigenvalue weighted by atomic mass is 9.85. The SMILES string of the molecule is CC1(C)C=Cc2cccc(c2)-c2nc3ccccc3nc2O[C@@H]2C[C@@H](C(=O)N[C@]3(C(=O)NS(=O)(=O)C4CC4)C[C@H]3C(F)F)N(C2)C(=O)[C@H](C(C)(C)C)NC(=O)OC1. The van der Waals surface area contributed by atoms with Gasteiger partial charge in [0.2, 0.25) is 34.1 Å². The number of sulfonamides is 1. The molecular formula is C40H46F2N6O8S. The molecule has 2 aromatic carbocycles. The molecule has 4 amide bonds. The van der Waals surface area contributed by atoms with Crippen LogP contribution in [0.2, 0.25) is 0 Å². The standard InChI is InChI=1S/C40H46F2N6O8S/c1-38(2,3)31-35(50)48-20-24(18-29(48)33(49)46-40(19-26(40)32(41)42)36(51)47-57(53,54)25-13-14-25)56-34-30(43-27-11-6-7-12-28(27)44-34)23-10-8-9-22(17-23)15-16-39(4,5)21-55-37(52)45-31/h6-12,15-17,24-26,29,31-32H,13-14,18-21H2,1-5H3,(H,45,52)(H,46,49)(H,47,51)/t24-,26+,29+,31-,40-/m1/s1. The lowest BCUT2D eigenvalue weighted by molar-refractivity contribution is -0.143. The van der Waals surface area contributed by atoms with Gasteiger partial charge in [0.25, 0.3) is 5.91 Å². The van der Waals surface area contributed by atoms with Crippen molar-refractivity contribution < 1.29 is 45.9 Å². The molecule has 14 nitrogen and oxygen atoms in total. The average molecular weight is 809 g/mol. The van der Waals surface area contributed by atoms with Crippen molar-refractivity contribution in [2.24, 2.45) is 16.7 Å². The zero-order valence-electron chi connectivity index (χ0n) is 32.3. The first-order chi connectivity index (χ1) is 26.8. The molecule has 4 aliphatic rings. The van der Waals surface area contributed by atoms with Gasteiger partial charge in [-0.3, -0.25) is 19.1 Å². The van der Waals surface area contributed by atoms with Gasteiger partial charge in [-0.15, -0.1) is 0 Å². The highest BCUT2D eigenvalue weighted by molar-refractivity contribution is 7.91. The van der Waals surface area contributed by atoms with Crippen LogP contribution >= 0.6 is 0 Å². The van der Waals surface area contributed by atoms with Gasteiger partial charge in [0, 0.05) is 17.4 Å². The van der Waals surface area contributed by atoms with E-state index in [-0.39, 0.29) is 25.5 Å². The number of para-hydroxylation sites is 2. The van der Waals surface area contributed by atoms with Gasteiger partial charge in [0.05, 0.1) is 28.7 Å². The Morgan fingerprint density at radius 1 is 1.04 bits per heavy atom. The van der Waals surface area contributed by atoms with Crippen LogP contribution in [0.15, 0.2) is 54.6 Å². The van der Waals surface area contributed by atoms with E-state index < -0.39 is 92.4 Å². The maximum Gasteiger partial charge on any atom is 0.407 e. The average Bonchev–Trinajstić information content (AvgIpc) is 4.08. The third kappa shape index (κ3) is 8.43. The number of carbonyl (C=O) groups excluding carboxylic acids is 4. The minimum Gasteiger partial charge on any atom is -0.471 e. The number of ether oxygens (including phenoxy) is 2. The van der Waals surface area contributed by atoms with Crippen LogP contribution in [0.5, 0.6) is 5.88 Å². The highest BCUT2D eigenvalue weighted by Gasteiger charge is 2.67. The van der Waals surface area contributed by atoms with Crippen molar-refractivity contribution in [2.45, 2.75) is 95.7 Å². The van der Waals surface area contributed by atoms with Crippen LogP contribution in [0, 0.1) is 16.7 Å². The molecule has 4 bridgehead atoms. The van der Waals surface area contributed by atoms with Crippen LogP contribution in [0.1, 0.15) is 65.9 Å². The molecule has 2 aliphatic carbocycles. The maximum absolute atomic E-state index is 14.6. The predicted molar refractivity (Wildman–Crippen MR) is 205 cm³/mol. The Balaban J connectivity index is 1.29. The van der Waals surface area contributed by atoms with E-state index in [0.29, 0.717) is 35.1 Å². The van der Waals surface area contributed by atoms with E-state index in [2.05, 4.69) is 10.6 Å². The lowest BCUT2D eigenvalue weighted by Gasteiger charge is -2.35. The fourth-order valence-corrected chi connectivity index (χ4v) is 8.57. The Bertz CT molecular complexity index is 2260. The number of hydrogen-bond donors (Lipinski definition) is 3. The highest BCUT2D eigenvalue weighted by Crippen LogP contribution is 2.48. The Morgan fingerprint density at radius 3 is 2.39 bits per heavy atom. The third-order valence-corrected chi connectivity index (χ3v) is 12.6. The number of nitrogens with one attached hydrogen (secondary N) is 3. The van der Waals surface area contributed by atoms with Gasteiger partial charge in [-0.2, -0.15) is 0 Å². The van der Waals surface area contributed by atoms with Gasteiger partial charge in [-0.25, -0.2) is 32.0 Å². The summed E-state index contributed by atoms with van der Waals surface area (Å²) < 4.78 is 67.8. The monoisotopic (exact) mass is 808 g/mol. The quantitative estimate of drug-likeness (QED) is 0.318. The lowest BCUT2D eigenvalue weighted by Crippen LogP contribution is -2.60. The van der Waals surface area contributed by atoms with E-state index >= 15 is 0 Å². The van der Waals surface area contributed by atoms with Crippen molar-refractivity contribution in [2.75, 3.05) is 13.2 Å². The number of amides is 4. The summed E-state index contributed by atoms with van der Waals surface area (Å²) >= 11 is 0. The summed E-state index contributed by atoms with van der Waals surface area (Å²) in [5.41, 5.74) is -0.815. The van der Waals surface area contributed by atoms with Crippen molar-refractivity contribution in [3.63, 3.8) is 0 Å². The Kier molecular flexibility index (Phi) is 10.3. The number of aromatic nitrogens is 2. The highest BCUT2D eigenvalue weighted by atomic mass is 32.2. The van der Waals surface area contributed by atoms with Gasteiger partial charge in [-0.1, -0.05) is 77.1 Å². The summed E-state index contributed by atoms with van der Waals surface area (Å²) in [6, 6.07) is 12.0. The topological polar surface area (TPSA) is 186 Å². The van der Waals surface area contributed by atoms with Crippen LogP contribution < -0.4 is 20.1 Å². The van der Waals surface area contributed by atoms with Crippen LogP contribution in [-0.4, -0.2) is 95.7 Å². The molecule has 0 radical (unpaired) electrons. The van der Waals surface area contributed by atoms with Gasteiger partial charge in [0.15, 0.2) is 0 Å². The van der Waals surface area contributed by atoms with E-state index in [1.165, 1.54) is 4.90 Å². The van der Waals surface area contributed by atoms with E-state index in [9.17, 15) is 36.4 Å². The molecule has 304 valence electrons. The van der Waals surface area contributed by atoms with Gasteiger partial charge in [0.1, 0.15) is 36.0 Å². The predicted octanol–water partition coefficient (Wildman–Crippen LogP) is 4.59. The zero-order valence-corrected chi connectivity index (χ0v) is 33.1. The number of alkyl carbamates (subject to hydrolysis) is 1. The maximum atomic E-state index is 14.6. The first-order valence-electron chi connectivity index (χ1n) is 18.9. The van der Waals surface area contributed by atoms with E-state index in [1.807, 2.05) is 67.1 Å². The van der Waals surface area contributed by atoms with E-state index in [0.717, 1.165) is 5.56 Å². The summed E-state index contributed by atoms with van der Waals surface area (Å²) in [4.78, 5) is 66.6. The largest absolute Gasteiger partial charge is 0.471 e. The van der Waals surface area contributed by atoms with Crippen LogP contribution in [0.25, 0.3) is 28.4 Å². The first kappa shape index (κ1) is 40.0. The number of nitrogens with zero attached hydrogens (tertiary/aromatic N) is 3. The second kappa shape index (κ2) is 14.6. The molecule has 1 aromatic heterocycles. The van der Waals surface area contributed by atoms with Gasteiger partial charge in [-0.05, 0) is 48.4 Å². The molecule has 5 atom stereocenters. The molecule has 3 fully saturated rings. The second-order valence-electron chi connectivity index (χ2n) is 17.1. The van der Waals surface area contributed by atoms with Crippen molar-refractivity contribution in [3.8, 4) is 17.1 Å². The molecule has 3 heterocycles. The number of cyclic esters (lactones) is 1. The molecule has 7 rings (SSSR count). The number of rotatable bonds is 6. The minimum atomic E-state index is -4.15. The Labute approximate surface area is 329 Å².